The van der Waals surface area contributed by atoms with Gasteiger partial charge in [-0.2, -0.15) is 0 Å². The summed E-state index contributed by atoms with van der Waals surface area (Å²) in [5.41, 5.74) is 0.493. The van der Waals surface area contributed by atoms with Gasteiger partial charge in [-0.3, -0.25) is 4.79 Å². The third-order valence-corrected chi connectivity index (χ3v) is 5.06. The van der Waals surface area contributed by atoms with Crippen LogP contribution >= 0.6 is 0 Å². The fraction of sp³-hybridized carbons (Fsp3) is 0.200. The number of anilines is 1. The third-order valence-electron chi connectivity index (χ3n) is 4.15. The molecule has 0 atom stereocenters. The number of aromatic nitrogens is 2. The van der Waals surface area contributed by atoms with Crippen molar-refractivity contribution >= 4 is 21.5 Å². The zero-order chi connectivity index (χ0) is 20.9. The van der Waals surface area contributed by atoms with Crippen molar-refractivity contribution in [2.24, 2.45) is 5.14 Å². The second-order valence-electron chi connectivity index (χ2n) is 6.36. The van der Waals surface area contributed by atoms with Crippen LogP contribution in [0.25, 0.3) is 0 Å². The number of nitrogens with zero attached hydrogens (tertiary/aromatic N) is 1. The van der Waals surface area contributed by atoms with Crippen molar-refractivity contribution in [2.45, 2.75) is 24.7 Å². The number of primary sulfonamides is 1. The predicted octanol–water partition coefficient (Wildman–Crippen LogP) is 3.29. The summed E-state index contributed by atoms with van der Waals surface area (Å²) < 4.78 is 30.5. The Bertz CT molecular complexity index is 1080. The number of H-pyrrole nitrogens is 1. The Morgan fingerprint density at radius 2 is 2.00 bits per heavy atom. The number of carbonyl (C=O) groups excluding carboxylic acids is 1. The topological polar surface area (TPSA) is 127 Å². The Balaban J connectivity index is 2.14. The first kappa shape index (κ1) is 20.6. The Morgan fingerprint density at radius 3 is 2.62 bits per heavy atom. The predicted molar refractivity (Wildman–Crippen MR) is 110 cm³/mol. The number of sulfonamides is 1. The first-order valence-corrected chi connectivity index (χ1v) is 10.7. The van der Waals surface area contributed by atoms with Crippen LogP contribution in [0.1, 0.15) is 35.9 Å². The van der Waals surface area contributed by atoms with Crippen molar-refractivity contribution < 1.29 is 17.9 Å². The number of nitrogens with one attached hydrogen (secondary N) is 2. The summed E-state index contributed by atoms with van der Waals surface area (Å²) in [5.74, 6) is 0.137. The average Bonchev–Trinajstić information content (AvgIpc) is 3.23. The van der Waals surface area contributed by atoms with Crippen LogP contribution in [-0.4, -0.2) is 30.7 Å². The van der Waals surface area contributed by atoms with Crippen molar-refractivity contribution in [3.05, 3.63) is 66.2 Å². The maximum absolute atomic E-state index is 12.7. The number of carbonyl (C=O) groups is 1. The second-order valence-corrected chi connectivity index (χ2v) is 7.89. The Morgan fingerprint density at radius 1 is 1.24 bits per heavy atom. The Hall–Kier alpha value is -3.17. The molecule has 29 heavy (non-hydrogen) atoms. The Kier molecular flexibility index (Phi) is 6.30. The van der Waals surface area contributed by atoms with E-state index in [4.69, 9.17) is 9.88 Å². The van der Waals surface area contributed by atoms with E-state index in [0.29, 0.717) is 18.0 Å². The van der Waals surface area contributed by atoms with Gasteiger partial charge in [0.15, 0.2) is 11.6 Å². The molecule has 0 saturated heterocycles. The number of ether oxygens (including phenoxy) is 1. The number of hydrogen-bond acceptors (Lipinski definition) is 6. The van der Waals surface area contributed by atoms with Gasteiger partial charge in [0.1, 0.15) is 10.6 Å². The fourth-order valence-corrected chi connectivity index (χ4v) is 3.41. The zero-order valence-corrected chi connectivity index (χ0v) is 16.7. The van der Waals surface area contributed by atoms with Crippen LogP contribution in [0.15, 0.2) is 59.8 Å². The molecule has 0 aliphatic carbocycles. The van der Waals surface area contributed by atoms with Crippen LogP contribution in [0.2, 0.25) is 0 Å². The standard InChI is InChI=1S/C20H22N4O4S/c1-2-3-9-22-16-12-14(18(25)20-23-10-11-24-20)13-17(29(21,26)27)19(16)28-15-7-5-4-6-8-15/h4-8,10-13,22H,2-3,9H2,1H3,(H,23,24)(H2,21,26,27). The van der Waals surface area contributed by atoms with E-state index in [2.05, 4.69) is 15.3 Å². The maximum atomic E-state index is 12.7. The van der Waals surface area contributed by atoms with Gasteiger partial charge < -0.3 is 15.0 Å². The summed E-state index contributed by atoms with van der Waals surface area (Å²) in [6.07, 6.45) is 4.75. The molecule has 0 fully saturated rings. The molecule has 2 aromatic carbocycles. The summed E-state index contributed by atoms with van der Waals surface area (Å²) >= 11 is 0. The largest absolute Gasteiger partial charge is 0.454 e. The molecule has 3 aromatic rings. The maximum Gasteiger partial charge on any atom is 0.241 e. The number of ketones is 1. The molecule has 152 valence electrons. The van der Waals surface area contributed by atoms with Crippen molar-refractivity contribution in [2.75, 3.05) is 11.9 Å². The van der Waals surface area contributed by atoms with E-state index < -0.39 is 15.8 Å². The first-order chi connectivity index (χ1) is 13.9. The second kappa shape index (κ2) is 8.89. The van der Waals surface area contributed by atoms with Crippen molar-refractivity contribution in [3.8, 4) is 11.5 Å². The van der Waals surface area contributed by atoms with Gasteiger partial charge in [0, 0.05) is 24.5 Å². The fourth-order valence-electron chi connectivity index (χ4n) is 2.71. The number of imidazole rings is 1. The Labute approximate surface area is 169 Å². The first-order valence-electron chi connectivity index (χ1n) is 9.12. The minimum atomic E-state index is -4.18. The van der Waals surface area contributed by atoms with E-state index in [-0.39, 0.29) is 22.0 Å². The van der Waals surface area contributed by atoms with Crippen molar-refractivity contribution in [1.82, 2.24) is 9.97 Å². The molecule has 0 amide bonds. The molecule has 0 aliphatic heterocycles. The lowest BCUT2D eigenvalue weighted by molar-refractivity contribution is 0.103. The number of benzene rings is 2. The number of unbranched alkanes of at least 4 members (excludes halogenated alkanes) is 1. The summed E-state index contributed by atoms with van der Waals surface area (Å²) in [6, 6.07) is 11.5. The lowest BCUT2D eigenvalue weighted by Crippen LogP contribution is -2.16. The van der Waals surface area contributed by atoms with E-state index in [1.54, 1.807) is 30.3 Å². The molecule has 0 unspecified atom stereocenters. The summed E-state index contributed by atoms with van der Waals surface area (Å²) in [6.45, 7) is 2.61. The van der Waals surface area contributed by atoms with Gasteiger partial charge in [0.25, 0.3) is 0 Å². The molecule has 3 rings (SSSR count). The van der Waals surface area contributed by atoms with Crippen LogP contribution in [0.3, 0.4) is 0 Å². The monoisotopic (exact) mass is 414 g/mol. The molecule has 0 aliphatic rings. The van der Waals surface area contributed by atoms with Gasteiger partial charge in [0.2, 0.25) is 15.8 Å². The zero-order valence-electron chi connectivity index (χ0n) is 15.9. The minimum Gasteiger partial charge on any atom is -0.454 e. The van der Waals surface area contributed by atoms with Crippen molar-refractivity contribution in [1.29, 1.82) is 0 Å². The molecular formula is C20H22N4O4S. The van der Waals surface area contributed by atoms with Crippen LogP contribution in [0.4, 0.5) is 5.69 Å². The van der Waals surface area contributed by atoms with E-state index in [9.17, 15) is 13.2 Å². The van der Waals surface area contributed by atoms with Crippen LogP contribution in [0.5, 0.6) is 11.5 Å². The van der Waals surface area contributed by atoms with Crippen molar-refractivity contribution in [3.63, 3.8) is 0 Å². The van der Waals surface area contributed by atoms with E-state index >= 15 is 0 Å². The minimum absolute atomic E-state index is 0.0470. The number of aromatic amines is 1. The van der Waals surface area contributed by atoms with Gasteiger partial charge in [-0.15, -0.1) is 0 Å². The van der Waals surface area contributed by atoms with Gasteiger partial charge in [-0.1, -0.05) is 31.5 Å². The van der Waals surface area contributed by atoms with Gasteiger partial charge in [0.05, 0.1) is 5.69 Å². The highest BCUT2D eigenvalue weighted by Crippen LogP contribution is 2.37. The number of para-hydroxylation sites is 1. The normalized spacial score (nSPS) is 11.2. The highest BCUT2D eigenvalue weighted by Gasteiger charge is 2.24. The molecule has 0 saturated carbocycles. The van der Waals surface area contributed by atoms with E-state index in [0.717, 1.165) is 12.8 Å². The molecular weight excluding hydrogens is 392 g/mol. The molecule has 1 heterocycles. The molecule has 0 bridgehead atoms. The highest BCUT2D eigenvalue weighted by molar-refractivity contribution is 7.89. The lowest BCUT2D eigenvalue weighted by atomic mass is 10.1. The smallest absolute Gasteiger partial charge is 0.241 e. The van der Waals surface area contributed by atoms with Gasteiger partial charge in [-0.05, 0) is 30.7 Å². The van der Waals surface area contributed by atoms with Gasteiger partial charge >= 0.3 is 0 Å². The molecule has 8 nitrogen and oxygen atoms in total. The summed E-state index contributed by atoms with van der Waals surface area (Å²) in [4.78, 5) is 19.1. The number of nitrogens with two attached hydrogens (primary N) is 1. The molecule has 1 aromatic heterocycles. The summed E-state index contributed by atoms with van der Waals surface area (Å²) in [5, 5.41) is 8.61. The molecule has 0 radical (unpaired) electrons. The quantitative estimate of drug-likeness (QED) is 0.364. The summed E-state index contributed by atoms with van der Waals surface area (Å²) in [7, 11) is -4.18. The number of rotatable bonds is 9. The van der Waals surface area contributed by atoms with E-state index in [1.165, 1.54) is 18.5 Å². The molecule has 4 N–H and O–H groups in total. The number of hydrogen-bond donors (Lipinski definition) is 3. The molecule has 9 heteroatoms. The highest BCUT2D eigenvalue weighted by atomic mass is 32.2. The lowest BCUT2D eigenvalue weighted by Gasteiger charge is -2.17. The molecule has 0 spiro atoms. The SMILES string of the molecule is CCCCNc1cc(C(=O)c2ncc[nH]2)cc(S(N)(=O)=O)c1Oc1ccccc1. The van der Waals surface area contributed by atoms with Crippen LogP contribution in [-0.2, 0) is 10.0 Å². The van der Waals surface area contributed by atoms with Gasteiger partial charge in [-0.25, -0.2) is 18.5 Å². The average molecular weight is 414 g/mol. The van der Waals surface area contributed by atoms with E-state index in [1.807, 2.05) is 13.0 Å². The van der Waals surface area contributed by atoms with Crippen LogP contribution in [0, 0.1) is 0 Å². The van der Waals surface area contributed by atoms with Crippen LogP contribution < -0.4 is 15.2 Å². The third kappa shape index (κ3) is 5.01.